The molecule has 0 fully saturated rings. The smallest absolute Gasteiger partial charge is 1.00 e. The zero-order valence-electron chi connectivity index (χ0n) is 19.8. The molecule has 0 bridgehead atoms. The summed E-state index contributed by atoms with van der Waals surface area (Å²) in [5.41, 5.74) is 7.81. The Morgan fingerprint density at radius 1 is 0.429 bits per heavy atom. The van der Waals surface area contributed by atoms with Crippen molar-refractivity contribution in [1.82, 2.24) is 0 Å². The third kappa shape index (κ3) is 6.75. The Kier molecular flexibility index (Phi) is 10.6. The van der Waals surface area contributed by atoms with Gasteiger partial charge in [-0.1, -0.05) is 98.8 Å². The van der Waals surface area contributed by atoms with Gasteiger partial charge in [-0.05, 0) is 22.3 Å². The fraction of sp³-hybridized carbons (Fsp3) is 0.0625. The SMILES string of the molecule is Cc1cc2cc(-c3ccccc3)ccc2[cH-]1.Cc1cc2cc(-c3ccccc3)ccc2[cH-]1.[Cl-].[Cl-].[Ti+4]. The van der Waals surface area contributed by atoms with E-state index >= 15 is 0 Å². The quantitative estimate of drug-likeness (QED) is 0.239. The minimum absolute atomic E-state index is 0. The van der Waals surface area contributed by atoms with Gasteiger partial charge in [-0.15, -0.1) is 56.9 Å². The van der Waals surface area contributed by atoms with Crippen molar-refractivity contribution in [2.24, 2.45) is 0 Å². The topological polar surface area (TPSA) is 0 Å². The van der Waals surface area contributed by atoms with Gasteiger partial charge >= 0.3 is 21.7 Å². The van der Waals surface area contributed by atoms with Crippen LogP contribution in [-0.2, 0) is 21.7 Å². The second-order valence-corrected chi connectivity index (χ2v) is 8.48. The average molecular weight is 529 g/mol. The van der Waals surface area contributed by atoms with E-state index in [1.165, 1.54) is 54.9 Å². The zero-order chi connectivity index (χ0) is 21.9. The van der Waals surface area contributed by atoms with Crippen molar-refractivity contribution in [3.63, 3.8) is 0 Å². The van der Waals surface area contributed by atoms with E-state index in [4.69, 9.17) is 0 Å². The molecule has 35 heavy (non-hydrogen) atoms. The molecule has 6 rings (SSSR count). The molecule has 6 aromatic carbocycles. The summed E-state index contributed by atoms with van der Waals surface area (Å²) >= 11 is 0. The van der Waals surface area contributed by atoms with Crippen LogP contribution in [0.2, 0.25) is 0 Å². The molecule has 0 aliphatic heterocycles. The molecule has 0 N–H and O–H groups in total. The molecule has 0 aromatic heterocycles. The van der Waals surface area contributed by atoms with Crippen LogP contribution >= 0.6 is 0 Å². The first-order chi connectivity index (χ1) is 15.7. The Morgan fingerprint density at radius 3 is 1.17 bits per heavy atom. The van der Waals surface area contributed by atoms with E-state index in [1.807, 2.05) is 0 Å². The van der Waals surface area contributed by atoms with Crippen LogP contribution < -0.4 is 24.8 Å². The fourth-order valence-electron chi connectivity index (χ4n) is 4.35. The number of halogens is 2. The second kappa shape index (κ2) is 12.9. The van der Waals surface area contributed by atoms with Gasteiger partial charge in [0.1, 0.15) is 0 Å². The number of rotatable bonds is 2. The van der Waals surface area contributed by atoms with Crippen molar-refractivity contribution in [1.29, 1.82) is 0 Å². The van der Waals surface area contributed by atoms with Crippen molar-refractivity contribution >= 4 is 21.5 Å². The van der Waals surface area contributed by atoms with Gasteiger partial charge in [-0.25, -0.2) is 0 Å². The summed E-state index contributed by atoms with van der Waals surface area (Å²) in [6, 6.07) is 43.2. The first-order valence-corrected chi connectivity index (χ1v) is 11.1. The third-order valence-corrected chi connectivity index (χ3v) is 5.92. The summed E-state index contributed by atoms with van der Waals surface area (Å²) in [6.45, 7) is 4.28. The summed E-state index contributed by atoms with van der Waals surface area (Å²) in [5.74, 6) is 0. The monoisotopic (exact) mass is 528 g/mol. The van der Waals surface area contributed by atoms with E-state index < -0.39 is 0 Å². The van der Waals surface area contributed by atoms with Crippen LogP contribution in [0.15, 0.2) is 121 Å². The normalized spacial score (nSPS) is 9.89. The molecule has 0 saturated carbocycles. The maximum Gasteiger partial charge on any atom is 4.00 e. The molecule has 6 aromatic rings. The van der Waals surface area contributed by atoms with Gasteiger partial charge in [-0.3, -0.25) is 0 Å². The number of benzene rings is 4. The Bertz CT molecular complexity index is 1360. The van der Waals surface area contributed by atoms with Crippen molar-refractivity contribution in [2.45, 2.75) is 13.8 Å². The largest absolute Gasteiger partial charge is 4.00 e. The van der Waals surface area contributed by atoms with Crippen molar-refractivity contribution < 1.29 is 46.5 Å². The molecule has 0 heterocycles. The van der Waals surface area contributed by atoms with E-state index in [0.29, 0.717) is 0 Å². The van der Waals surface area contributed by atoms with Crippen LogP contribution in [0.5, 0.6) is 0 Å². The Hall–Kier alpha value is -2.61. The second-order valence-electron chi connectivity index (χ2n) is 8.48. The van der Waals surface area contributed by atoms with Crippen LogP contribution in [0.4, 0.5) is 0 Å². The first kappa shape index (κ1) is 28.6. The van der Waals surface area contributed by atoms with Crippen LogP contribution in [0.25, 0.3) is 43.8 Å². The van der Waals surface area contributed by atoms with Crippen LogP contribution in [0, 0.1) is 13.8 Å². The predicted octanol–water partition coefficient (Wildman–Crippen LogP) is 3.07. The van der Waals surface area contributed by atoms with Gasteiger partial charge in [0, 0.05) is 0 Å². The molecule has 172 valence electrons. The number of hydrogen-bond acceptors (Lipinski definition) is 0. The van der Waals surface area contributed by atoms with Crippen LogP contribution in [0.3, 0.4) is 0 Å². The summed E-state index contributed by atoms with van der Waals surface area (Å²) in [4.78, 5) is 0. The van der Waals surface area contributed by atoms with Crippen LogP contribution in [-0.4, -0.2) is 0 Å². The van der Waals surface area contributed by atoms with Gasteiger partial charge in [-0.2, -0.15) is 12.1 Å². The summed E-state index contributed by atoms with van der Waals surface area (Å²) in [6.07, 6.45) is 0. The fourth-order valence-corrected chi connectivity index (χ4v) is 4.35. The molecule has 0 aliphatic rings. The maximum absolute atomic E-state index is 2.26. The minimum Gasteiger partial charge on any atom is -1.00 e. The van der Waals surface area contributed by atoms with Gasteiger partial charge in [0.2, 0.25) is 0 Å². The van der Waals surface area contributed by atoms with E-state index in [1.54, 1.807) is 0 Å². The standard InChI is InChI=1S/2C16H13.2ClH.Ti/c2*1-12-9-14-7-8-15(11-16(14)10-12)13-5-3-2-4-6-13;;;/h2*2-11H,1H3;2*1H;/q2*-1;;;+4/p-2. The van der Waals surface area contributed by atoms with Crippen molar-refractivity contribution in [3.05, 3.63) is 132 Å². The van der Waals surface area contributed by atoms with Gasteiger partial charge < -0.3 is 24.8 Å². The first-order valence-electron chi connectivity index (χ1n) is 11.1. The summed E-state index contributed by atoms with van der Waals surface area (Å²) < 4.78 is 0. The van der Waals surface area contributed by atoms with Crippen molar-refractivity contribution in [2.75, 3.05) is 0 Å². The molecule has 3 heteroatoms. The van der Waals surface area contributed by atoms with Gasteiger partial charge in [0.15, 0.2) is 0 Å². The molecular weight excluding hydrogens is 503 g/mol. The summed E-state index contributed by atoms with van der Waals surface area (Å²) in [5, 5.41) is 5.33. The van der Waals surface area contributed by atoms with E-state index in [9.17, 15) is 0 Å². The molecule has 0 radical (unpaired) electrons. The van der Waals surface area contributed by atoms with E-state index in [0.717, 1.165) is 0 Å². The van der Waals surface area contributed by atoms with Gasteiger partial charge in [0.05, 0.1) is 0 Å². The molecule has 0 saturated heterocycles. The molecular formula is C32H26Cl2Ti. The number of aryl methyl sites for hydroxylation is 2. The Balaban J connectivity index is 0.000000227. The van der Waals surface area contributed by atoms with Crippen LogP contribution in [0.1, 0.15) is 11.1 Å². The molecule has 0 spiro atoms. The summed E-state index contributed by atoms with van der Waals surface area (Å²) in [7, 11) is 0. The predicted molar refractivity (Wildman–Crippen MR) is 139 cm³/mol. The maximum atomic E-state index is 2.26. The zero-order valence-corrected chi connectivity index (χ0v) is 22.9. The Labute approximate surface area is 235 Å². The minimum atomic E-state index is 0. The number of fused-ring (bicyclic) bond motifs is 2. The molecule has 0 aliphatic carbocycles. The third-order valence-electron chi connectivity index (χ3n) is 5.92. The van der Waals surface area contributed by atoms with Gasteiger partial charge in [0.25, 0.3) is 0 Å². The van der Waals surface area contributed by atoms with E-state index in [-0.39, 0.29) is 46.5 Å². The van der Waals surface area contributed by atoms with E-state index in [2.05, 4.69) is 135 Å². The molecule has 0 atom stereocenters. The molecule has 0 unspecified atom stereocenters. The molecule has 0 nitrogen and oxygen atoms in total. The Morgan fingerprint density at radius 2 is 0.800 bits per heavy atom. The number of hydrogen-bond donors (Lipinski definition) is 0. The average Bonchev–Trinajstić information content (AvgIpc) is 3.39. The molecule has 0 amide bonds. The van der Waals surface area contributed by atoms with Crippen molar-refractivity contribution in [3.8, 4) is 22.3 Å².